The Balaban J connectivity index is 1.81. The van der Waals surface area contributed by atoms with Crippen molar-refractivity contribution in [1.82, 2.24) is 9.46 Å². The summed E-state index contributed by atoms with van der Waals surface area (Å²) in [5, 5.41) is 3.65. The molecule has 1 aromatic carbocycles. The normalized spacial score (nSPS) is 19.1. The first-order valence-electron chi connectivity index (χ1n) is 8.67. The Bertz CT molecular complexity index is 1010. The molecule has 0 radical (unpaired) electrons. The van der Waals surface area contributed by atoms with Crippen LogP contribution in [0.15, 0.2) is 38.6 Å². The number of hydrogen-bond donors (Lipinski definition) is 1. The topological polar surface area (TPSA) is 110 Å². The van der Waals surface area contributed by atoms with E-state index in [4.69, 9.17) is 4.52 Å². The summed E-state index contributed by atoms with van der Waals surface area (Å²) in [4.78, 5) is 0.137. The van der Waals surface area contributed by atoms with Crippen molar-refractivity contribution >= 4 is 25.7 Å². The molecule has 27 heavy (non-hydrogen) atoms. The highest BCUT2D eigenvalue weighted by Gasteiger charge is 2.29. The Kier molecular flexibility index (Phi) is 5.33. The monoisotopic (exact) mass is 413 g/mol. The van der Waals surface area contributed by atoms with Crippen LogP contribution in [-0.2, 0) is 20.0 Å². The molecule has 2 heterocycles. The average Bonchev–Trinajstić information content (AvgIpc) is 2.94. The molecule has 8 nitrogen and oxygen atoms in total. The van der Waals surface area contributed by atoms with E-state index in [1.165, 1.54) is 35.5 Å². The van der Waals surface area contributed by atoms with Gasteiger partial charge in [0.25, 0.3) is 10.0 Å². The van der Waals surface area contributed by atoms with Crippen LogP contribution in [0.3, 0.4) is 0 Å². The largest absolute Gasteiger partial charge is 0.360 e. The minimum absolute atomic E-state index is 0.0125. The minimum Gasteiger partial charge on any atom is -0.360 e. The van der Waals surface area contributed by atoms with Crippen molar-refractivity contribution in [2.24, 2.45) is 5.92 Å². The third-order valence-electron chi connectivity index (χ3n) is 4.60. The van der Waals surface area contributed by atoms with Crippen LogP contribution in [0.2, 0.25) is 0 Å². The zero-order valence-electron chi connectivity index (χ0n) is 15.5. The van der Waals surface area contributed by atoms with Crippen molar-refractivity contribution in [3.63, 3.8) is 0 Å². The van der Waals surface area contributed by atoms with E-state index < -0.39 is 20.0 Å². The summed E-state index contributed by atoms with van der Waals surface area (Å²) < 4.78 is 59.4. The highest BCUT2D eigenvalue weighted by Crippen LogP contribution is 2.26. The van der Waals surface area contributed by atoms with E-state index in [-0.39, 0.29) is 26.9 Å². The number of rotatable bonds is 5. The predicted octanol–water partition coefficient (Wildman–Crippen LogP) is 2.51. The van der Waals surface area contributed by atoms with Gasteiger partial charge in [0.05, 0.1) is 4.90 Å². The summed E-state index contributed by atoms with van der Waals surface area (Å²) in [6, 6.07) is 5.71. The van der Waals surface area contributed by atoms with Gasteiger partial charge in [0.15, 0.2) is 10.7 Å². The zero-order chi connectivity index (χ0) is 19.8. The van der Waals surface area contributed by atoms with Crippen molar-refractivity contribution < 1.29 is 21.4 Å². The SMILES string of the molecule is Cc1noc(C)c1S(=O)(=O)Nc1ccc(S(=O)(=O)N2CCC[C@H](C)C2)cc1. The molecule has 1 fully saturated rings. The molecule has 10 heteroatoms. The summed E-state index contributed by atoms with van der Waals surface area (Å²) in [7, 11) is -7.45. The van der Waals surface area contributed by atoms with E-state index in [0.29, 0.717) is 19.0 Å². The zero-order valence-corrected chi connectivity index (χ0v) is 17.1. The van der Waals surface area contributed by atoms with Crippen LogP contribution in [-0.4, -0.2) is 39.4 Å². The van der Waals surface area contributed by atoms with Gasteiger partial charge in [0.2, 0.25) is 10.0 Å². The lowest BCUT2D eigenvalue weighted by atomic mass is 10.0. The van der Waals surface area contributed by atoms with Crippen molar-refractivity contribution in [2.75, 3.05) is 17.8 Å². The highest BCUT2D eigenvalue weighted by atomic mass is 32.2. The molecule has 3 rings (SSSR count). The molecule has 1 saturated heterocycles. The Morgan fingerprint density at radius 2 is 1.81 bits per heavy atom. The Labute approximate surface area is 159 Å². The van der Waals surface area contributed by atoms with E-state index in [2.05, 4.69) is 9.88 Å². The van der Waals surface area contributed by atoms with Crippen LogP contribution in [0.4, 0.5) is 5.69 Å². The number of anilines is 1. The number of aromatic nitrogens is 1. The fourth-order valence-electron chi connectivity index (χ4n) is 3.27. The molecule has 1 atom stereocenters. The first-order chi connectivity index (χ1) is 12.6. The maximum Gasteiger partial charge on any atom is 0.267 e. The first kappa shape index (κ1) is 19.8. The molecule has 0 amide bonds. The quantitative estimate of drug-likeness (QED) is 0.806. The Morgan fingerprint density at radius 3 is 2.37 bits per heavy atom. The third kappa shape index (κ3) is 4.02. The molecule has 0 aliphatic carbocycles. The van der Waals surface area contributed by atoms with Crippen LogP contribution >= 0.6 is 0 Å². The summed E-state index contributed by atoms with van der Waals surface area (Å²) in [5.41, 5.74) is 0.527. The van der Waals surface area contributed by atoms with Crippen molar-refractivity contribution in [3.8, 4) is 0 Å². The fourth-order valence-corrected chi connectivity index (χ4v) is 6.26. The van der Waals surface area contributed by atoms with Crippen LogP contribution < -0.4 is 4.72 Å². The van der Waals surface area contributed by atoms with Crippen LogP contribution in [0.1, 0.15) is 31.2 Å². The number of nitrogens with zero attached hydrogens (tertiary/aromatic N) is 2. The van der Waals surface area contributed by atoms with Gasteiger partial charge in [0.1, 0.15) is 5.69 Å². The minimum atomic E-state index is -3.87. The molecule has 1 aliphatic heterocycles. The van der Waals surface area contributed by atoms with Gasteiger partial charge in [-0.3, -0.25) is 4.72 Å². The van der Waals surface area contributed by atoms with Gasteiger partial charge in [-0.15, -0.1) is 0 Å². The van der Waals surface area contributed by atoms with Crippen LogP contribution in [0, 0.1) is 19.8 Å². The smallest absolute Gasteiger partial charge is 0.267 e. The van der Waals surface area contributed by atoms with Crippen LogP contribution in [0.5, 0.6) is 0 Å². The second-order valence-corrected chi connectivity index (χ2v) is 10.5. The maximum atomic E-state index is 12.8. The van der Waals surface area contributed by atoms with Crippen molar-refractivity contribution in [2.45, 2.75) is 43.4 Å². The number of aryl methyl sites for hydroxylation is 2. The second kappa shape index (κ2) is 7.25. The van der Waals surface area contributed by atoms with Gasteiger partial charge in [-0.05, 0) is 56.9 Å². The van der Waals surface area contributed by atoms with Crippen LogP contribution in [0.25, 0.3) is 0 Å². The van der Waals surface area contributed by atoms with E-state index in [9.17, 15) is 16.8 Å². The number of sulfonamides is 2. The van der Waals surface area contributed by atoms with Crippen molar-refractivity contribution in [3.05, 3.63) is 35.7 Å². The lowest BCUT2D eigenvalue weighted by Gasteiger charge is -2.30. The maximum absolute atomic E-state index is 12.8. The number of benzene rings is 1. The molecule has 0 saturated carbocycles. The molecule has 1 aromatic heterocycles. The molecule has 2 aromatic rings. The standard InChI is InChI=1S/C17H23N3O5S2/c1-12-5-4-10-20(11-12)27(23,24)16-8-6-15(7-9-16)19-26(21,22)17-13(2)18-25-14(17)3/h6-9,12,19H,4-5,10-11H2,1-3H3/t12-/m0/s1. The molecular weight excluding hydrogens is 390 g/mol. The summed E-state index contributed by atoms with van der Waals surface area (Å²) >= 11 is 0. The Hall–Kier alpha value is -1.91. The molecular formula is C17H23N3O5S2. The van der Waals surface area contributed by atoms with Crippen molar-refractivity contribution in [1.29, 1.82) is 0 Å². The third-order valence-corrected chi connectivity index (χ3v) is 8.10. The van der Waals surface area contributed by atoms with E-state index in [0.717, 1.165) is 12.8 Å². The summed E-state index contributed by atoms with van der Waals surface area (Å²) in [6.07, 6.45) is 1.87. The number of piperidine rings is 1. The first-order valence-corrected chi connectivity index (χ1v) is 11.6. The second-order valence-electron chi connectivity index (χ2n) is 6.89. The molecule has 0 unspecified atom stereocenters. The molecule has 0 spiro atoms. The number of nitrogens with one attached hydrogen (secondary N) is 1. The molecule has 1 aliphatic rings. The van der Waals surface area contributed by atoms with E-state index in [1.807, 2.05) is 6.92 Å². The highest BCUT2D eigenvalue weighted by molar-refractivity contribution is 7.92. The van der Waals surface area contributed by atoms with E-state index >= 15 is 0 Å². The summed E-state index contributed by atoms with van der Waals surface area (Å²) in [6.45, 7) is 6.11. The van der Waals surface area contributed by atoms with Gasteiger partial charge in [-0.2, -0.15) is 4.31 Å². The molecule has 148 valence electrons. The fraction of sp³-hybridized carbons (Fsp3) is 0.471. The lowest BCUT2D eigenvalue weighted by Crippen LogP contribution is -2.39. The van der Waals surface area contributed by atoms with Gasteiger partial charge >= 0.3 is 0 Å². The molecule has 0 bridgehead atoms. The predicted molar refractivity (Wildman–Crippen MR) is 100 cm³/mol. The average molecular weight is 414 g/mol. The lowest BCUT2D eigenvalue weighted by molar-refractivity contribution is 0.281. The summed E-state index contributed by atoms with van der Waals surface area (Å²) in [5.74, 6) is 0.521. The molecule has 1 N–H and O–H groups in total. The van der Waals surface area contributed by atoms with Gasteiger partial charge < -0.3 is 4.52 Å². The van der Waals surface area contributed by atoms with Gasteiger partial charge in [0, 0.05) is 18.8 Å². The van der Waals surface area contributed by atoms with Gasteiger partial charge in [-0.25, -0.2) is 16.8 Å². The number of hydrogen-bond acceptors (Lipinski definition) is 6. The Morgan fingerprint density at radius 1 is 1.15 bits per heavy atom. The van der Waals surface area contributed by atoms with Gasteiger partial charge in [-0.1, -0.05) is 12.1 Å². The van der Waals surface area contributed by atoms with E-state index in [1.54, 1.807) is 6.92 Å².